The Hall–Kier alpha value is -3.07. The Bertz CT molecular complexity index is 1740. The Morgan fingerprint density at radius 3 is 1.20 bits per heavy atom. The number of quaternary nitrogens is 1. The molecular formula is C73H132N2O7P+. The fourth-order valence-electron chi connectivity index (χ4n) is 9.85. The summed E-state index contributed by atoms with van der Waals surface area (Å²) in [7, 11) is 1.47. The van der Waals surface area contributed by atoms with Gasteiger partial charge in [-0.3, -0.25) is 18.6 Å². The SMILES string of the molecule is CC\C=C/C=C/C=C/C=C\C=C\C=C\CCCCCC(=O)OC(/C=C\CCCCCCCCCCCCC)C(COP(=O)(O)OCC[N+](C)(C)C)NC(=O)CCCCCCCCCCCCCCCCCCC/C=C/CCCCCCCC. The molecule has 0 spiro atoms. The molecule has 3 atom stereocenters. The molecule has 10 heteroatoms. The molecule has 0 aliphatic heterocycles. The number of unbranched alkanes of at least 4 members (excludes halogenated alkanes) is 37. The zero-order chi connectivity index (χ0) is 60.7. The smallest absolute Gasteiger partial charge is 0.456 e. The largest absolute Gasteiger partial charge is 0.472 e. The Morgan fingerprint density at radius 2 is 0.783 bits per heavy atom. The van der Waals surface area contributed by atoms with E-state index >= 15 is 0 Å². The molecular weight excluding hydrogens is 1050 g/mol. The number of hydrogen-bond acceptors (Lipinski definition) is 6. The van der Waals surface area contributed by atoms with Gasteiger partial charge in [-0.15, -0.1) is 0 Å². The first kappa shape index (κ1) is 79.9. The summed E-state index contributed by atoms with van der Waals surface area (Å²) in [5, 5.41) is 3.06. The summed E-state index contributed by atoms with van der Waals surface area (Å²) in [5.41, 5.74) is 0. The van der Waals surface area contributed by atoms with Gasteiger partial charge in [-0.2, -0.15) is 0 Å². The maximum atomic E-state index is 13.6. The van der Waals surface area contributed by atoms with E-state index in [9.17, 15) is 19.0 Å². The fraction of sp³-hybridized carbons (Fsp3) is 0.753. The number of nitrogens with one attached hydrogen (secondary N) is 1. The van der Waals surface area contributed by atoms with Gasteiger partial charge < -0.3 is 19.4 Å². The van der Waals surface area contributed by atoms with Crippen LogP contribution in [0.2, 0.25) is 0 Å². The van der Waals surface area contributed by atoms with Gasteiger partial charge in [0.2, 0.25) is 5.91 Å². The van der Waals surface area contributed by atoms with E-state index in [0.717, 1.165) is 64.2 Å². The first-order valence-electron chi connectivity index (χ1n) is 34.6. The van der Waals surface area contributed by atoms with E-state index < -0.39 is 20.0 Å². The zero-order valence-corrected chi connectivity index (χ0v) is 55.8. The Kier molecular flexibility index (Phi) is 59.7. The number of ether oxygens (including phenoxy) is 1. The third-order valence-electron chi connectivity index (χ3n) is 15.2. The highest BCUT2D eigenvalue weighted by atomic mass is 31.2. The lowest BCUT2D eigenvalue weighted by Crippen LogP contribution is -2.47. The molecule has 0 aliphatic rings. The number of carbonyl (C=O) groups is 2. The van der Waals surface area contributed by atoms with Crippen LogP contribution in [0.4, 0.5) is 0 Å². The van der Waals surface area contributed by atoms with Crippen molar-refractivity contribution in [1.29, 1.82) is 0 Å². The van der Waals surface area contributed by atoms with Crippen LogP contribution in [0.5, 0.6) is 0 Å². The summed E-state index contributed by atoms with van der Waals surface area (Å²) >= 11 is 0. The van der Waals surface area contributed by atoms with Gasteiger partial charge in [0.25, 0.3) is 0 Å². The van der Waals surface area contributed by atoms with Gasteiger partial charge in [-0.1, -0.05) is 311 Å². The van der Waals surface area contributed by atoms with Crippen LogP contribution in [0.15, 0.2) is 97.2 Å². The van der Waals surface area contributed by atoms with Crippen molar-refractivity contribution >= 4 is 19.7 Å². The Balaban J connectivity index is 5.11. The lowest BCUT2D eigenvalue weighted by molar-refractivity contribution is -0.870. The van der Waals surface area contributed by atoms with Crippen molar-refractivity contribution in [3.63, 3.8) is 0 Å². The summed E-state index contributed by atoms with van der Waals surface area (Å²) in [5.74, 6) is -0.551. The van der Waals surface area contributed by atoms with Crippen LogP contribution in [-0.2, 0) is 27.9 Å². The summed E-state index contributed by atoms with van der Waals surface area (Å²) in [6.07, 6.45) is 84.3. The Labute approximate surface area is 513 Å². The molecule has 0 rings (SSSR count). The maximum Gasteiger partial charge on any atom is 0.472 e. The highest BCUT2D eigenvalue weighted by molar-refractivity contribution is 7.47. The predicted molar refractivity (Wildman–Crippen MR) is 360 cm³/mol. The lowest BCUT2D eigenvalue weighted by atomic mass is 10.0. The molecule has 3 unspecified atom stereocenters. The van der Waals surface area contributed by atoms with Gasteiger partial charge in [-0.05, 0) is 76.7 Å². The molecule has 1 amide bonds. The van der Waals surface area contributed by atoms with Crippen molar-refractivity contribution < 1.29 is 37.3 Å². The van der Waals surface area contributed by atoms with E-state index in [1.165, 1.54) is 199 Å². The second-order valence-corrected chi connectivity index (χ2v) is 25.9. The van der Waals surface area contributed by atoms with Gasteiger partial charge in [-0.25, -0.2) is 4.57 Å². The standard InChI is InChI=1S/C73H131N2O7P/c1-7-10-13-16-19-22-25-28-30-32-33-34-35-36-37-38-39-40-41-43-44-47-50-53-56-59-62-65-72(76)74-70(69-81-83(78,79)80-68-67-75(4,5)6)71(64-61-58-55-52-49-46-27-24-21-18-15-12-9-3)82-73(77)66-63-60-57-54-51-48-45-42-31-29-26-23-20-17-14-11-8-2/h11,14,17,20,23,26,28-31,42,45,48,51,61,64,70-71H,7-10,12-13,15-16,18-19,21-22,24-25,27,32-41,43-44,46-47,49-50,52-60,62-63,65-69H2,1-6H3,(H-,74,76,78,79)/p+1/b14-11-,20-17+,26-23+,30-28+,31-29-,45-42+,51-48+,64-61-. The molecule has 2 N–H and O–H groups in total. The summed E-state index contributed by atoms with van der Waals surface area (Å²) < 4.78 is 30.8. The van der Waals surface area contributed by atoms with Crippen LogP contribution in [0.1, 0.15) is 303 Å². The number of allylic oxidation sites excluding steroid dienone is 15. The van der Waals surface area contributed by atoms with Gasteiger partial charge in [0, 0.05) is 12.8 Å². The molecule has 0 heterocycles. The van der Waals surface area contributed by atoms with E-state index in [1.54, 1.807) is 0 Å². The van der Waals surface area contributed by atoms with E-state index in [0.29, 0.717) is 23.9 Å². The number of amides is 1. The third-order valence-corrected chi connectivity index (χ3v) is 16.2. The van der Waals surface area contributed by atoms with Crippen LogP contribution in [-0.4, -0.2) is 74.3 Å². The number of likely N-dealkylation sites (N-methyl/N-ethyl adjacent to an activating group) is 1. The third kappa shape index (κ3) is 63.3. The number of esters is 1. The monoisotopic (exact) mass is 1180 g/mol. The summed E-state index contributed by atoms with van der Waals surface area (Å²) in [6, 6.07) is -0.872. The molecule has 0 fully saturated rings. The number of phosphoric ester groups is 1. The molecule has 480 valence electrons. The van der Waals surface area contributed by atoms with Crippen molar-refractivity contribution in [2.75, 3.05) is 40.9 Å². The van der Waals surface area contributed by atoms with Crippen LogP contribution in [0.3, 0.4) is 0 Å². The highest BCUT2D eigenvalue weighted by Crippen LogP contribution is 2.43. The van der Waals surface area contributed by atoms with Crippen molar-refractivity contribution in [2.24, 2.45) is 0 Å². The number of rotatable bonds is 62. The number of phosphoric acid groups is 1. The van der Waals surface area contributed by atoms with Crippen LogP contribution < -0.4 is 5.32 Å². The average Bonchev–Trinajstić information content (AvgIpc) is 3.47. The second kappa shape index (κ2) is 62.0. The van der Waals surface area contributed by atoms with Crippen LogP contribution in [0, 0.1) is 0 Å². The van der Waals surface area contributed by atoms with Crippen LogP contribution >= 0.6 is 7.82 Å². The first-order valence-corrected chi connectivity index (χ1v) is 36.1. The van der Waals surface area contributed by atoms with Crippen molar-refractivity contribution in [2.45, 2.75) is 315 Å². The summed E-state index contributed by atoms with van der Waals surface area (Å²) in [4.78, 5) is 37.8. The summed E-state index contributed by atoms with van der Waals surface area (Å²) in [6.45, 7) is 6.86. The maximum absolute atomic E-state index is 13.6. The van der Waals surface area contributed by atoms with E-state index in [4.69, 9.17) is 13.8 Å². The second-order valence-electron chi connectivity index (χ2n) is 24.5. The zero-order valence-electron chi connectivity index (χ0n) is 54.9. The molecule has 9 nitrogen and oxygen atoms in total. The average molecular weight is 1180 g/mol. The van der Waals surface area contributed by atoms with Crippen molar-refractivity contribution in [3.8, 4) is 0 Å². The molecule has 0 saturated heterocycles. The van der Waals surface area contributed by atoms with E-state index in [-0.39, 0.29) is 31.5 Å². The highest BCUT2D eigenvalue weighted by Gasteiger charge is 2.30. The minimum Gasteiger partial charge on any atom is -0.456 e. The molecule has 0 aliphatic carbocycles. The lowest BCUT2D eigenvalue weighted by Gasteiger charge is -2.27. The van der Waals surface area contributed by atoms with Gasteiger partial charge in [0.05, 0.1) is 33.8 Å². The normalized spacial score (nSPS) is 14.2. The quantitative estimate of drug-likeness (QED) is 0.0156. The molecule has 0 bridgehead atoms. The minimum absolute atomic E-state index is 0.0294. The molecule has 0 aromatic carbocycles. The van der Waals surface area contributed by atoms with Gasteiger partial charge in [0.15, 0.2) is 0 Å². The molecule has 83 heavy (non-hydrogen) atoms. The van der Waals surface area contributed by atoms with Crippen molar-refractivity contribution in [1.82, 2.24) is 5.32 Å². The topological polar surface area (TPSA) is 111 Å². The van der Waals surface area contributed by atoms with Crippen molar-refractivity contribution in [3.05, 3.63) is 97.2 Å². The van der Waals surface area contributed by atoms with E-state index in [2.05, 4.69) is 50.4 Å². The van der Waals surface area contributed by atoms with Crippen LogP contribution in [0.25, 0.3) is 0 Å². The predicted octanol–water partition coefficient (Wildman–Crippen LogP) is 21.9. The Morgan fingerprint density at radius 1 is 0.434 bits per heavy atom. The molecule has 0 aromatic heterocycles. The van der Waals surface area contributed by atoms with E-state index in [1.807, 2.05) is 94.1 Å². The van der Waals surface area contributed by atoms with Gasteiger partial charge >= 0.3 is 13.8 Å². The van der Waals surface area contributed by atoms with Gasteiger partial charge in [0.1, 0.15) is 19.3 Å². The molecule has 0 radical (unpaired) electrons. The molecule has 0 saturated carbocycles. The fourth-order valence-corrected chi connectivity index (χ4v) is 10.6. The minimum atomic E-state index is -4.47. The molecule has 0 aromatic rings. The number of carbonyl (C=O) groups excluding carboxylic acids is 2. The number of hydrogen-bond donors (Lipinski definition) is 2. The first-order chi connectivity index (χ1) is 40.4. The number of nitrogens with zero attached hydrogens (tertiary/aromatic N) is 1.